The van der Waals surface area contributed by atoms with Crippen LogP contribution in [0.4, 0.5) is 13.2 Å². The van der Waals surface area contributed by atoms with Crippen LogP contribution in [0, 0.1) is 0 Å². The molecule has 5 heteroatoms. The Hall–Kier alpha value is -1.85. The van der Waals surface area contributed by atoms with E-state index in [9.17, 15) is 13.2 Å². The van der Waals surface area contributed by atoms with E-state index < -0.39 is 11.7 Å². The minimum atomic E-state index is -4.27. The van der Waals surface area contributed by atoms with Crippen LogP contribution < -0.4 is 0 Å². The maximum absolute atomic E-state index is 13.1. The Morgan fingerprint density at radius 3 is 2.04 bits per heavy atom. The molecule has 0 atom stereocenters. The molecule has 0 radical (unpaired) electrons. The number of benzene rings is 2. The van der Waals surface area contributed by atoms with E-state index >= 15 is 0 Å². The summed E-state index contributed by atoms with van der Waals surface area (Å²) in [6.45, 7) is 5.32. The number of halogens is 3. The molecule has 1 heterocycles. The average molecular weight is 348 g/mol. The van der Waals surface area contributed by atoms with Crippen LogP contribution in [0.2, 0.25) is 0 Å². The van der Waals surface area contributed by atoms with Crippen molar-refractivity contribution in [3.63, 3.8) is 0 Å². The van der Waals surface area contributed by atoms with Gasteiger partial charge in [-0.2, -0.15) is 13.2 Å². The first kappa shape index (κ1) is 18.0. The number of piperazine rings is 1. The third kappa shape index (κ3) is 5.06. The zero-order chi connectivity index (χ0) is 17.7. The summed E-state index contributed by atoms with van der Waals surface area (Å²) < 4.78 is 39.2. The summed E-state index contributed by atoms with van der Waals surface area (Å²) in [5.74, 6) is 0. The van der Waals surface area contributed by atoms with Crippen molar-refractivity contribution < 1.29 is 13.2 Å². The third-order valence-electron chi connectivity index (χ3n) is 4.73. The Morgan fingerprint density at radius 2 is 1.36 bits per heavy atom. The molecule has 0 unspecified atom stereocenters. The van der Waals surface area contributed by atoms with E-state index in [1.54, 1.807) is 12.1 Å². The van der Waals surface area contributed by atoms with Gasteiger partial charge in [0.25, 0.3) is 0 Å². The molecule has 0 bridgehead atoms. The number of alkyl halides is 3. The molecule has 0 amide bonds. The first-order valence-corrected chi connectivity index (χ1v) is 8.66. The van der Waals surface area contributed by atoms with Crippen molar-refractivity contribution in [2.75, 3.05) is 32.7 Å². The van der Waals surface area contributed by atoms with Crippen molar-refractivity contribution >= 4 is 0 Å². The second-order valence-electron chi connectivity index (χ2n) is 6.51. The first-order chi connectivity index (χ1) is 12.0. The Balaban J connectivity index is 1.49. The second kappa shape index (κ2) is 8.02. The van der Waals surface area contributed by atoms with Gasteiger partial charge < -0.3 is 4.90 Å². The Kier molecular flexibility index (Phi) is 5.76. The quantitative estimate of drug-likeness (QED) is 0.804. The van der Waals surface area contributed by atoms with E-state index in [2.05, 4.69) is 21.9 Å². The van der Waals surface area contributed by atoms with E-state index in [0.717, 1.165) is 32.7 Å². The average Bonchev–Trinajstić information content (AvgIpc) is 2.61. The molecular weight excluding hydrogens is 325 g/mol. The highest BCUT2D eigenvalue weighted by Gasteiger charge is 2.32. The smallest absolute Gasteiger partial charge is 0.300 e. The molecule has 0 aromatic heterocycles. The Morgan fingerprint density at radius 1 is 0.760 bits per heavy atom. The molecule has 0 saturated carbocycles. The molecule has 0 aliphatic carbocycles. The fraction of sp³-hybridized carbons (Fsp3) is 0.400. The third-order valence-corrected chi connectivity index (χ3v) is 4.73. The highest BCUT2D eigenvalue weighted by atomic mass is 19.4. The Labute approximate surface area is 146 Å². The van der Waals surface area contributed by atoms with Gasteiger partial charge in [-0.1, -0.05) is 48.5 Å². The van der Waals surface area contributed by atoms with Crippen LogP contribution in [-0.4, -0.2) is 42.5 Å². The van der Waals surface area contributed by atoms with Crippen LogP contribution in [0.5, 0.6) is 0 Å². The summed E-state index contributed by atoms with van der Waals surface area (Å²) in [6.07, 6.45) is -3.83. The maximum Gasteiger partial charge on any atom is 0.416 e. The second-order valence-corrected chi connectivity index (χ2v) is 6.51. The van der Waals surface area contributed by atoms with Crippen molar-refractivity contribution in [2.24, 2.45) is 0 Å². The highest BCUT2D eigenvalue weighted by Crippen LogP contribution is 2.32. The fourth-order valence-corrected chi connectivity index (χ4v) is 3.31. The van der Waals surface area contributed by atoms with E-state index in [4.69, 9.17) is 0 Å². The molecule has 2 nitrogen and oxygen atoms in total. The minimum absolute atomic E-state index is 0.390. The molecular formula is C20H23F3N2. The predicted octanol–water partition coefficient (Wildman–Crippen LogP) is 4.07. The zero-order valence-corrected chi connectivity index (χ0v) is 14.2. The molecule has 0 spiro atoms. The number of nitrogens with zero attached hydrogens (tertiary/aromatic N) is 2. The van der Waals surface area contributed by atoms with Gasteiger partial charge in [0.05, 0.1) is 5.56 Å². The molecule has 1 saturated heterocycles. The molecule has 3 rings (SSSR count). The van der Waals surface area contributed by atoms with Crippen molar-refractivity contribution in [3.05, 3.63) is 71.3 Å². The van der Waals surface area contributed by atoms with Crippen LogP contribution in [0.15, 0.2) is 54.6 Å². The van der Waals surface area contributed by atoms with Crippen molar-refractivity contribution in [1.82, 2.24) is 9.80 Å². The SMILES string of the molecule is FC(F)(F)c1ccccc1CCN1CCN(Cc2ccccc2)CC1. The summed E-state index contributed by atoms with van der Waals surface area (Å²) in [5, 5.41) is 0. The standard InChI is InChI=1S/C20H23F3N2/c21-20(22,23)19-9-5-4-8-18(19)10-11-24-12-14-25(15-13-24)16-17-6-2-1-3-7-17/h1-9H,10-16H2. The van der Waals surface area contributed by atoms with Crippen molar-refractivity contribution in [1.29, 1.82) is 0 Å². The van der Waals surface area contributed by atoms with Gasteiger partial charge in [0.15, 0.2) is 0 Å². The van der Waals surface area contributed by atoms with E-state index in [1.807, 2.05) is 18.2 Å². The lowest BCUT2D eigenvalue weighted by Gasteiger charge is -2.34. The molecule has 0 N–H and O–H groups in total. The topological polar surface area (TPSA) is 6.48 Å². The molecule has 134 valence electrons. The Bertz CT molecular complexity index is 662. The van der Waals surface area contributed by atoms with Gasteiger partial charge in [-0.3, -0.25) is 4.90 Å². The lowest BCUT2D eigenvalue weighted by Crippen LogP contribution is -2.46. The summed E-state index contributed by atoms with van der Waals surface area (Å²) in [4.78, 5) is 4.66. The highest BCUT2D eigenvalue weighted by molar-refractivity contribution is 5.29. The summed E-state index contributed by atoms with van der Waals surface area (Å²) in [6, 6.07) is 16.3. The van der Waals surface area contributed by atoms with Gasteiger partial charge in [-0.25, -0.2) is 0 Å². The van der Waals surface area contributed by atoms with Crippen LogP contribution in [0.3, 0.4) is 0 Å². The number of rotatable bonds is 5. The van der Waals surface area contributed by atoms with Crippen LogP contribution in [-0.2, 0) is 19.1 Å². The largest absolute Gasteiger partial charge is 0.416 e. The molecule has 2 aromatic carbocycles. The van der Waals surface area contributed by atoms with E-state index in [1.165, 1.54) is 17.7 Å². The van der Waals surface area contributed by atoms with E-state index in [-0.39, 0.29) is 0 Å². The monoisotopic (exact) mass is 348 g/mol. The summed E-state index contributed by atoms with van der Waals surface area (Å²) in [7, 11) is 0. The van der Waals surface area contributed by atoms with Crippen LogP contribution >= 0.6 is 0 Å². The van der Waals surface area contributed by atoms with Gasteiger partial charge in [0.1, 0.15) is 0 Å². The predicted molar refractivity (Wildman–Crippen MR) is 93.3 cm³/mol. The molecule has 1 fully saturated rings. The lowest BCUT2D eigenvalue weighted by atomic mass is 10.0. The van der Waals surface area contributed by atoms with Gasteiger partial charge >= 0.3 is 6.18 Å². The summed E-state index contributed by atoms with van der Waals surface area (Å²) in [5.41, 5.74) is 1.19. The normalized spacial score (nSPS) is 16.9. The van der Waals surface area contributed by atoms with Gasteiger partial charge in [-0.05, 0) is 23.6 Å². The van der Waals surface area contributed by atoms with Crippen LogP contribution in [0.1, 0.15) is 16.7 Å². The number of hydrogen-bond donors (Lipinski definition) is 0. The van der Waals surface area contributed by atoms with Crippen molar-refractivity contribution in [3.8, 4) is 0 Å². The number of hydrogen-bond acceptors (Lipinski definition) is 2. The molecule has 2 aromatic rings. The van der Waals surface area contributed by atoms with E-state index in [0.29, 0.717) is 18.5 Å². The lowest BCUT2D eigenvalue weighted by molar-refractivity contribution is -0.138. The first-order valence-electron chi connectivity index (χ1n) is 8.66. The van der Waals surface area contributed by atoms with Gasteiger partial charge in [0.2, 0.25) is 0 Å². The summed E-state index contributed by atoms with van der Waals surface area (Å²) >= 11 is 0. The molecule has 1 aliphatic rings. The molecule has 1 aliphatic heterocycles. The van der Waals surface area contributed by atoms with Crippen molar-refractivity contribution in [2.45, 2.75) is 19.1 Å². The van der Waals surface area contributed by atoms with Gasteiger partial charge in [0, 0.05) is 39.3 Å². The molecule has 25 heavy (non-hydrogen) atoms. The maximum atomic E-state index is 13.1. The van der Waals surface area contributed by atoms with Gasteiger partial charge in [-0.15, -0.1) is 0 Å². The zero-order valence-electron chi connectivity index (χ0n) is 14.2. The van der Waals surface area contributed by atoms with Crippen LogP contribution in [0.25, 0.3) is 0 Å². The minimum Gasteiger partial charge on any atom is -0.300 e. The fourth-order valence-electron chi connectivity index (χ4n) is 3.31.